The molecule has 0 aliphatic carbocycles. The Kier molecular flexibility index (Phi) is 6.52. The SMILES string of the molecule is CCOC(=O)CCCNCc1cccc([N+](=O)[O-])c1. The second-order valence-corrected chi connectivity index (χ2v) is 4.01. The fourth-order valence-corrected chi connectivity index (χ4v) is 1.60. The number of benzene rings is 1. The second kappa shape index (κ2) is 8.20. The normalized spacial score (nSPS) is 10.2. The summed E-state index contributed by atoms with van der Waals surface area (Å²) in [5.41, 5.74) is 0.941. The molecule has 0 bridgehead atoms. The maximum atomic E-state index is 11.1. The molecule has 19 heavy (non-hydrogen) atoms. The minimum atomic E-state index is -0.412. The van der Waals surface area contributed by atoms with Crippen LogP contribution in [0, 0.1) is 10.1 Å². The highest BCUT2D eigenvalue weighted by molar-refractivity contribution is 5.69. The summed E-state index contributed by atoms with van der Waals surface area (Å²) >= 11 is 0. The Morgan fingerprint density at radius 1 is 1.47 bits per heavy atom. The fourth-order valence-electron chi connectivity index (χ4n) is 1.60. The molecule has 0 aromatic heterocycles. The highest BCUT2D eigenvalue weighted by atomic mass is 16.6. The molecule has 0 spiro atoms. The van der Waals surface area contributed by atoms with Gasteiger partial charge in [0.05, 0.1) is 11.5 Å². The molecule has 1 aromatic rings. The van der Waals surface area contributed by atoms with Crippen LogP contribution in [0.4, 0.5) is 5.69 Å². The van der Waals surface area contributed by atoms with E-state index in [1.807, 2.05) is 6.07 Å². The van der Waals surface area contributed by atoms with Gasteiger partial charge in [0.1, 0.15) is 0 Å². The highest BCUT2D eigenvalue weighted by Gasteiger charge is 2.05. The Morgan fingerprint density at radius 3 is 2.95 bits per heavy atom. The minimum Gasteiger partial charge on any atom is -0.466 e. The van der Waals surface area contributed by atoms with Crippen molar-refractivity contribution in [1.82, 2.24) is 5.32 Å². The van der Waals surface area contributed by atoms with E-state index < -0.39 is 4.92 Å². The van der Waals surface area contributed by atoms with Crippen LogP contribution >= 0.6 is 0 Å². The first kappa shape index (κ1) is 15.1. The second-order valence-electron chi connectivity index (χ2n) is 4.01. The van der Waals surface area contributed by atoms with Gasteiger partial charge < -0.3 is 10.1 Å². The Labute approximate surface area is 111 Å². The molecule has 0 amide bonds. The van der Waals surface area contributed by atoms with E-state index >= 15 is 0 Å². The van der Waals surface area contributed by atoms with Crippen molar-refractivity contribution in [2.75, 3.05) is 13.2 Å². The Bertz CT molecular complexity index is 434. The van der Waals surface area contributed by atoms with Crippen LogP contribution in [0.3, 0.4) is 0 Å². The lowest BCUT2D eigenvalue weighted by atomic mass is 10.2. The zero-order chi connectivity index (χ0) is 14.1. The molecule has 1 N–H and O–H groups in total. The summed E-state index contributed by atoms with van der Waals surface area (Å²) in [7, 11) is 0. The van der Waals surface area contributed by atoms with E-state index in [4.69, 9.17) is 4.74 Å². The number of nitrogens with one attached hydrogen (secondary N) is 1. The van der Waals surface area contributed by atoms with Crippen LogP contribution in [0.25, 0.3) is 0 Å². The van der Waals surface area contributed by atoms with E-state index in [1.54, 1.807) is 19.1 Å². The molecule has 1 aromatic carbocycles. The largest absolute Gasteiger partial charge is 0.466 e. The standard InChI is InChI=1S/C13H18N2O4/c1-2-19-13(16)7-4-8-14-10-11-5-3-6-12(9-11)15(17)18/h3,5-6,9,14H,2,4,7-8,10H2,1H3. The predicted octanol–water partition coefficient (Wildman–Crippen LogP) is 2.03. The molecule has 0 aliphatic heterocycles. The quantitative estimate of drug-likeness (QED) is 0.337. The number of esters is 1. The van der Waals surface area contributed by atoms with Crippen LogP contribution in [0.15, 0.2) is 24.3 Å². The maximum absolute atomic E-state index is 11.1. The van der Waals surface area contributed by atoms with Gasteiger partial charge in [-0.15, -0.1) is 0 Å². The first-order valence-corrected chi connectivity index (χ1v) is 6.23. The van der Waals surface area contributed by atoms with Gasteiger partial charge in [0.25, 0.3) is 5.69 Å². The Morgan fingerprint density at radius 2 is 2.26 bits per heavy atom. The molecule has 0 saturated heterocycles. The van der Waals surface area contributed by atoms with E-state index in [-0.39, 0.29) is 11.7 Å². The summed E-state index contributed by atoms with van der Waals surface area (Å²) in [4.78, 5) is 21.3. The number of nitrogens with zero attached hydrogens (tertiary/aromatic N) is 1. The average molecular weight is 266 g/mol. The van der Waals surface area contributed by atoms with E-state index in [1.165, 1.54) is 6.07 Å². The van der Waals surface area contributed by atoms with Crippen LogP contribution in [0.5, 0.6) is 0 Å². The van der Waals surface area contributed by atoms with Crippen LogP contribution in [0.2, 0.25) is 0 Å². The maximum Gasteiger partial charge on any atom is 0.305 e. The van der Waals surface area contributed by atoms with Crippen molar-refractivity contribution in [2.45, 2.75) is 26.3 Å². The van der Waals surface area contributed by atoms with Gasteiger partial charge in [-0.3, -0.25) is 14.9 Å². The van der Waals surface area contributed by atoms with Gasteiger partial charge in [-0.25, -0.2) is 0 Å². The van der Waals surface area contributed by atoms with E-state index in [0.717, 1.165) is 5.56 Å². The monoisotopic (exact) mass is 266 g/mol. The zero-order valence-corrected chi connectivity index (χ0v) is 10.9. The fraction of sp³-hybridized carbons (Fsp3) is 0.462. The number of rotatable bonds is 8. The molecule has 0 saturated carbocycles. The van der Waals surface area contributed by atoms with Crippen molar-refractivity contribution in [3.05, 3.63) is 39.9 Å². The number of nitro benzene ring substituents is 1. The van der Waals surface area contributed by atoms with Gasteiger partial charge in [0, 0.05) is 25.1 Å². The molecule has 6 nitrogen and oxygen atoms in total. The van der Waals surface area contributed by atoms with E-state index in [0.29, 0.717) is 32.5 Å². The van der Waals surface area contributed by atoms with Crippen LogP contribution in [-0.2, 0) is 16.1 Å². The molecule has 0 heterocycles. The van der Waals surface area contributed by atoms with Crippen LogP contribution in [0.1, 0.15) is 25.3 Å². The number of carbonyl (C=O) groups excluding carboxylic acids is 1. The van der Waals surface area contributed by atoms with E-state index in [9.17, 15) is 14.9 Å². The van der Waals surface area contributed by atoms with Gasteiger partial charge >= 0.3 is 5.97 Å². The third-order valence-corrected chi connectivity index (χ3v) is 2.49. The lowest BCUT2D eigenvalue weighted by Gasteiger charge is -2.05. The smallest absolute Gasteiger partial charge is 0.305 e. The molecule has 0 aliphatic rings. The molecule has 0 atom stereocenters. The molecule has 6 heteroatoms. The average Bonchev–Trinajstić information content (AvgIpc) is 2.39. The summed E-state index contributed by atoms with van der Waals surface area (Å²) in [5, 5.41) is 13.7. The van der Waals surface area contributed by atoms with Crippen LogP contribution < -0.4 is 5.32 Å². The van der Waals surface area contributed by atoms with Gasteiger partial charge in [-0.1, -0.05) is 12.1 Å². The van der Waals surface area contributed by atoms with Crippen molar-refractivity contribution >= 4 is 11.7 Å². The molecule has 104 valence electrons. The van der Waals surface area contributed by atoms with Crippen molar-refractivity contribution in [3.8, 4) is 0 Å². The van der Waals surface area contributed by atoms with Gasteiger partial charge in [0.15, 0.2) is 0 Å². The summed E-state index contributed by atoms with van der Waals surface area (Å²) in [6.45, 7) is 3.39. The third-order valence-electron chi connectivity index (χ3n) is 2.49. The van der Waals surface area contributed by atoms with Gasteiger partial charge in [-0.05, 0) is 25.5 Å². The molecular weight excluding hydrogens is 248 g/mol. The molecule has 1 rings (SSSR count). The van der Waals surface area contributed by atoms with Crippen molar-refractivity contribution in [3.63, 3.8) is 0 Å². The van der Waals surface area contributed by atoms with E-state index in [2.05, 4.69) is 5.32 Å². The summed E-state index contributed by atoms with van der Waals surface area (Å²) in [5.74, 6) is -0.195. The summed E-state index contributed by atoms with van der Waals surface area (Å²) in [6, 6.07) is 6.49. The van der Waals surface area contributed by atoms with Crippen molar-refractivity contribution < 1.29 is 14.5 Å². The van der Waals surface area contributed by atoms with Crippen molar-refractivity contribution in [2.24, 2.45) is 0 Å². The van der Waals surface area contributed by atoms with Gasteiger partial charge in [0.2, 0.25) is 0 Å². The lowest BCUT2D eigenvalue weighted by Crippen LogP contribution is -2.16. The Balaban J connectivity index is 2.24. The summed E-state index contributed by atoms with van der Waals surface area (Å²) < 4.78 is 4.81. The summed E-state index contributed by atoms with van der Waals surface area (Å²) in [6.07, 6.45) is 1.07. The number of hydrogen-bond donors (Lipinski definition) is 1. The molecular formula is C13H18N2O4. The molecule has 0 radical (unpaired) electrons. The first-order valence-electron chi connectivity index (χ1n) is 6.23. The third kappa shape index (κ3) is 5.96. The molecule has 0 unspecified atom stereocenters. The Hall–Kier alpha value is -1.95. The number of carbonyl (C=O) groups is 1. The number of nitro groups is 1. The number of ether oxygens (including phenoxy) is 1. The number of non-ortho nitro benzene ring substituents is 1. The van der Waals surface area contributed by atoms with Crippen molar-refractivity contribution in [1.29, 1.82) is 0 Å². The number of hydrogen-bond acceptors (Lipinski definition) is 5. The topological polar surface area (TPSA) is 81.5 Å². The van der Waals surface area contributed by atoms with Crippen LogP contribution in [-0.4, -0.2) is 24.0 Å². The lowest BCUT2D eigenvalue weighted by molar-refractivity contribution is -0.384. The first-order chi connectivity index (χ1) is 9.13. The van der Waals surface area contributed by atoms with Gasteiger partial charge in [-0.2, -0.15) is 0 Å². The predicted molar refractivity (Wildman–Crippen MR) is 70.7 cm³/mol. The molecule has 0 fully saturated rings. The zero-order valence-electron chi connectivity index (χ0n) is 10.9. The highest BCUT2D eigenvalue weighted by Crippen LogP contribution is 2.12. The minimum absolute atomic E-state index is 0.0887.